The Morgan fingerprint density at radius 3 is 1.19 bits per heavy atom. The zero-order valence-corrected chi connectivity index (χ0v) is 39.6. The van der Waals surface area contributed by atoms with E-state index in [9.17, 15) is 0 Å². The van der Waals surface area contributed by atoms with Gasteiger partial charge in [0, 0.05) is 0 Å². The van der Waals surface area contributed by atoms with Crippen LogP contribution in [0.3, 0.4) is 0 Å². The van der Waals surface area contributed by atoms with Gasteiger partial charge in [0.1, 0.15) is 0 Å². The fourth-order valence-corrected chi connectivity index (χ4v) is 11.9. The Labute approximate surface area is 371 Å². The maximum absolute atomic E-state index is 6.92. The van der Waals surface area contributed by atoms with Gasteiger partial charge >= 0.3 is 305 Å². The van der Waals surface area contributed by atoms with Gasteiger partial charge in [0.2, 0.25) is 0 Å². The van der Waals surface area contributed by atoms with Crippen LogP contribution in [0.4, 0.5) is 0 Å². The number of hydrogen-bond acceptors (Lipinski definition) is 6. The molecule has 0 unspecified atom stereocenters. The van der Waals surface area contributed by atoms with Gasteiger partial charge in [-0.2, -0.15) is 0 Å². The van der Waals surface area contributed by atoms with E-state index < -0.39 is 22.0 Å². The summed E-state index contributed by atoms with van der Waals surface area (Å²) in [4.78, 5) is 0. The van der Waals surface area contributed by atoms with E-state index in [0.717, 1.165) is 22.6 Å². The molecule has 0 radical (unpaired) electrons. The van der Waals surface area contributed by atoms with E-state index in [2.05, 4.69) is 213 Å². The Kier molecular flexibility index (Phi) is 12.3. The van der Waals surface area contributed by atoms with Crippen LogP contribution in [0.2, 0.25) is 0 Å². The van der Waals surface area contributed by atoms with Crippen molar-refractivity contribution in [3.8, 4) is 11.5 Å². The molecule has 6 aromatic rings. The minimum atomic E-state index is -3.15. The Hall–Kier alpha value is -4.38. The van der Waals surface area contributed by atoms with Crippen LogP contribution in [0, 0.1) is 5.41 Å². The maximum atomic E-state index is 6.92. The van der Waals surface area contributed by atoms with Crippen LogP contribution in [-0.4, -0.2) is 33.1 Å². The Morgan fingerprint density at radius 1 is 0.435 bits per heavy atom. The van der Waals surface area contributed by atoms with Gasteiger partial charge in [0.25, 0.3) is 0 Å². The Bertz CT molecular complexity index is 2430. The van der Waals surface area contributed by atoms with Gasteiger partial charge in [-0.15, -0.1) is 0 Å². The summed E-state index contributed by atoms with van der Waals surface area (Å²) < 4.78 is 39.8. The van der Waals surface area contributed by atoms with Gasteiger partial charge in [-0.05, 0) is 5.56 Å². The van der Waals surface area contributed by atoms with Crippen molar-refractivity contribution in [1.29, 1.82) is 0 Å². The molecule has 1 spiro atoms. The molecule has 2 aliphatic rings. The van der Waals surface area contributed by atoms with E-state index in [1.54, 1.807) is 0 Å². The second-order valence-corrected chi connectivity index (χ2v) is 22.9. The standard InChI is InChI=1S/C54H62O6P2/c1-50(2,40-22-14-10-15-23-40)44-30-32-48(46(34-44)52(5,6)42-26-18-12-19-27-42)59-61-55-36-54(37-56-61)38-57-62(9,58-39-54)60-49-33-31-45(51(3,4)41-24-16-11-17-25-41)35-47(49)53(7,8)43-28-20-13-21-29-43/h10-35,62H,36-39H2,1-9H3. The van der Waals surface area contributed by atoms with Crippen LogP contribution in [0.25, 0.3) is 0 Å². The van der Waals surface area contributed by atoms with E-state index >= 15 is 0 Å². The molecule has 6 aromatic carbocycles. The van der Waals surface area contributed by atoms with E-state index in [1.165, 1.54) is 33.4 Å². The molecule has 8 rings (SSSR count). The van der Waals surface area contributed by atoms with E-state index in [4.69, 9.17) is 27.1 Å². The van der Waals surface area contributed by atoms with Crippen LogP contribution in [-0.2, 0) is 39.8 Å². The van der Waals surface area contributed by atoms with Crippen LogP contribution in [0.15, 0.2) is 158 Å². The van der Waals surface area contributed by atoms with Crippen LogP contribution < -0.4 is 9.05 Å². The normalized spacial score (nSPS) is 20.0. The molecule has 6 nitrogen and oxygen atoms in total. The van der Waals surface area contributed by atoms with Gasteiger partial charge in [-0.1, -0.05) is 62.4 Å². The quantitative estimate of drug-likeness (QED) is 0.114. The summed E-state index contributed by atoms with van der Waals surface area (Å²) >= 11 is 0. The number of rotatable bonds is 12. The predicted octanol–water partition coefficient (Wildman–Crippen LogP) is 13.9. The van der Waals surface area contributed by atoms with Crippen LogP contribution in [0.5, 0.6) is 11.5 Å². The molecule has 2 fully saturated rings. The topological polar surface area (TPSA) is 55.4 Å². The molecule has 0 bridgehead atoms. The first-order valence-electron chi connectivity index (χ1n) is 21.8. The minimum absolute atomic E-state index is 0.220. The van der Waals surface area contributed by atoms with Crippen molar-refractivity contribution in [3.63, 3.8) is 0 Å². The summed E-state index contributed by atoms with van der Waals surface area (Å²) in [5.41, 5.74) is 7.85. The van der Waals surface area contributed by atoms with E-state index in [0.29, 0.717) is 26.4 Å². The molecule has 2 heterocycles. The first kappa shape index (κ1) is 44.2. The van der Waals surface area contributed by atoms with Gasteiger partial charge in [0.15, 0.2) is 0 Å². The molecule has 0 amide bonds. The molecule has 0 aromatic heterocycles. The molecule has 2 aliphatic heterocycles. The third-order valence-corrected chi connectivity index (χ3v) is 16.4. The molecular weight excluding hydrogens is 807 g/mol. The molecule has 0 aliphatic carbocycles. The summed E-state index contributed by atoms with van der Waals surface area (Å²) in [6, 6.07) is 55.7. The third kappa shape index (κ3) is 8.89. The third-order valence-electron chi connectivity index (χ3n) is 13.4. The van der Waals surface area contributed by atoms with Crippen molar-refractivity contribution in [2.45, 2.75) is 77.0 Å². The van der Waals surface area contributed by atoms with Crippen molar-refractivity contribution < 1.29 is 27.1 Å². The van der Waals surface area contributed by atoms with Gasteiger partial charge in [-0.3, -0.25) is 0 Å². The van der Waals surface area contributed by atoms with Gasteiger partial charge in [0.05, 0.1) is 0 Å². The van der Waals surface area contributed by atoms with E-state index in [1.807, 2.05) is 6.66 Å². The van der Waals surface area contributed by atoms with Crippen molar-refractivity contribution >= 4 is 16.5 Å². The zero-order chi connectivity index (χ0) is 43.8. The summed E-state index contributed by atoms with van der Waals surface area (Å²) in [7, 11) is -4.82. The van der Waals surface area contributed by atoms with Crippen LogP contribution >= 0.6 is 16.5 Å². The fraction of sp³-hybridized carbons (Fsp3) is 0.333. The average Bonchev–Trinajstić information content (AvgIpc) is 3.29. The molecule has 324 valence electrons. The van der Waals surface area contributed by atoms with Crippen molar-refractivity contribution in [2.24, 2.45) is 5.41 Å². The molecule has 0 atom stereocenters. The van der Waals surface area contributed by atoms with Crippen LogP contribution in [0.1, 0.15) is 99.9 Å². The summed E-state index contributed by atoms with van der Waals surface area (Å²) in [6.45, 7) is 21.7. The van der Waals surface area contributed by atoms with Gasteiger partial charge in [-0.25, -0.2) is 0 Å². The fourth-order valence-electron chi connectivity index (χ4n) is 8.71. The molecule has 0 saturated carbocycles. The van der Waals surface area contributed by atoms with E-state index in [-0.39, 0.29) is 21.7 Å². The second kappa shape index (κ2) is 17.3. The van der Waals surface area contributed by atoms with Gasteiger partial charge < -0.3 is 0 Å². The zero-order valence-electron chi connectivity index (χ0n) is 37.7. The summed E-state index contributed by atoms with van der Waals surface area (Å²) in [5, 5.41) is 0. The monoisotopic (exact) mass is 868 g/mol. The van der Waals surface area contributed by atoms with Crippen molar-refractivity contribution in [2.75, 3.05) is 33.1 Å². The Morgan fingerprint density at radius 2 is 0.790 bits per heavy atom. The average molecular weight is 869 g/mol. The molecule has 2 saturated heterocycles. The first-order chi connectivity index (χ1) is 29.5. The molecule has 8 heteroatoms. The Balaban J connectivity index is 0.988. The number of hydrogen-bond donors (Lipinski definition) is 0. The number of benzene rings is 6. The summed E-state index contributed by atoms with van der Waals surface area (Å²) in [5.74, 6) is 1.53. The second-order valence-electron chi connectivity index (χ2n) is 19.3. The van der Waals surface area contributed by atoms with Crippen molar-refractivity contribution in [1.82, 2.24) is 0 Å². The first-order valence-corrected chi connectivity index (χ1v) is 25.1. The molecule has 62 heavy (non-hydrogen) atoms. The summed E-state index contributed by atoms with van der Waals surface area (Å²) in [6.07, 6.45) is 0. The SMILES string of the molecule is CC(C)(c1ccccc1)c1ccc(OP2OCC3(CO2)CO[PH](C)(Oc2ccc(C(C)(C)c4ccccc4)cc2C(C)(C)c2ccccc2)OC3)c(C(C)(C)c2ccccc2)c1. The predicted molar refractivity (Wildman–Crippen MR) is 256 cm³/mol. The molecular formula is C54H62O6P2. The molecule has 0 N–H and O–H groups in total. The van der Waals surface area contributed by atoms with Crippen molar-refractivity contribution in [3.05, 3.63) is 202 Å².